The van der Waals surface area contributed by atoms with Crippen LogP contribution in [0.3, 0.4) is 0 Å². The van der Waals surface area contributed by atoms with Crippen molar-refractivity contribution in [1.29, 1.82) is 0 Å². The van der Waals surface area contributed by atoms with Gasteiger partial charge in [-0.3, -0.25) is 0 Å². The average Bonchev–Trinajstić information content (AvgIpc) is 2.86. The monoisotopic (exact) mass is 274 g/mol. The van der Waals surface area contributed by atoms with E-state index in [-0.39, 0.29) is 0 Å². The van der Waals surface area contributed by atoms with Crippen molar-refractivity contribution in [2.75, 3.05) is 7.11 Å². The van der Waals surface area contributed by atoms with Crippen LogP contribution in [-0.4, -0.2) is 28.6 Å². The van der Waals surface area contributed by atoms with Gasteiger partial charge in [-0.25, -0.2) is 4.79 Å². The van der Waals surface area contributed by atoms with E-state index in [1.54, 1.807) is 19.5 Å². The molecule has 0 amide bonds. The molecule has 20 heavy (non-hydrogen) atoms. The lowest BCUT2D eigenvalue weighted by Crippen LogP contribution is -2.27. The quantitative estimate of drug-likeness (QED) is 0.842. The highest BCUT2D eigenvalue weighted by molar-refractivity contribution is 5.72. The second kappa shape index (κ2) is 5.36. The molecule has 2 aromatic rings. The molecule has 0 radical (unpaired) electrons. The van der Waals surface area contributed by atoms with Crippen molar-refractivity contribution in [3.63, 3.8) is 0 Å². The van der Waals surface area contributed by atoms with Gasteiger partial charge in [0.2, 0.25) is 0 Å². The molecular weight excluding hydrogens is 256 g/mol. The van der Waals surface area contributed by atoms with Gasteiger partial charge in [0.1, 0.15) is 11.4 Å². The molecule has 0 fully saturated rings. The molecule has 0 N–H and O–H groups in total. The predicted octanol–water partition coefficient (Wildman–Crippen LogP) is 3.34. The van der Waals surface area contributed by atoms with Crippen LogP contribution in [0.25, 0.3) is 11.1 Å². The van der Waals surface area contributed by atoms with Gasteiger partial charge in [-0.2, -0.15) is 9.78 Å². The molecule has 1 heterocycles. The van der Waals surface area contributed by atoms with Gasteiger partial charge in [-0.15, -0.1) is 0 Å². The van der Waals surface area contributed by atoms with Crippen molar-refractivity contribution in [1.82, 2.24) is 9.78 Å². The van der Waals surface area contributed by atoms with Gasteiger partial charge in [0, 0.05) is 11.8 Å². The summed E-state index contributed by atoms with van der Waals surface area (Å²) in [5, 5.41) is 4.03. The van der Waals surface area contributed by atoms with Crippen LogP contribution in [0, 0.1) is 0 Å². The summed E-state index contributed by atoms with van der Waals surface area (Å²) < 4.78 is 11.6. The second-order valence-electron chi connectivity index (χ2n) is 5.38. The molecule has 0 spiro atoms. The number of hydrogen-bond donors (Lipinski definition) is 0. The first-order chi connectivity index (χ1) is 9.39. The van der Waals surface area contributed by atoms with Gasteiger partial charge in [-0.05, 0) is 38.5 Å². The van der Waals surface area contributed by atoms with Crippen LogP contribution in [0.1, 0.15) is 20.8 Å². The third-order valence-corrected chi connectivity index (χ3v) is 2.59. The molecule has 1 aromatic carbocycles. The van der Waals surface area contributed by atoms with Crippen LogP contribution in [0.5, 0.6) is 5.75 Å². The molecule has 0 aliphatic rings. The number of nitrogens with zero attached hydrogens (tertiary/aromatic N) is 2. The Morgan fingerprint density at radius 1 is 1.15 bits per heavy atom. The molecule has 106 valence electrons. The second-order valence-corrected chi connectivity index (χ2v) is 5.38. The minimum absolute atomic E-state index is 0.489. The highest BCUT2D eigenvalue weighted by Gasteiger charge is 2.18. The zero-order valence-corrected chi connectivity index (χ0v) is 12.1. The first kappa shape index (κ1) is 14.1. The topological polar surface area (TPSA) is 53.4 Å². The summed E-state index contributed by atoms with van der Waals surface area (Å²) >= 11 is 0. The van der Waals surface area contributed by atoms with Gasteiger partial charge in [-0.1, -0.05) is 12.1 Å². The van der Waals surface area contributed by atoms with Crippen LogP contribution in [-0.2, 0) is 4.74 Å². The lowest BCUT2D eigenvalue weighted by atomic mass is 10.1. The molecule has 2 rings (SSSR count). The maximum atomic E-state index is 11.9. The third kappa shape index (κ3) is 3.38. The minimum atomic E-state index is -0.538. The van der Waals surface area contributed by atoms with Crippen molar-refractivity contribution >= 4 is 6.09 Å². The van der Waals surface area contributed by atoms with E-state index in [1.165, 1.54) is 4.68 Å². The number of aromatic nitrogens is 2. The first-order valence-electron chi connectivity index (χ1n) is 6.31. The Hall–Kier alpha value is -2.30. The largest absolute Gasteiger partial charge is 0.497 e. The van der Waals surface area contributed by atoms with Crippen LogP contribution in [0.2, 0.25) is 0 Å². The molecule has 5 nitrogen and oxygen atoms in total. The smallest absolute Gasteiger partial charge is 0.435 e. The van der Waals surface area contributed by atoms with Gasteiger partial charge in [0.15, 0.2) is 0 Å². The number of carbonyl (C=O) groups excluding carboxylic acids is 1. The lowest BCUT2D eigenvalue weighted by Gasteiger charge is -2.18. The highest BCUT2D eigenvalue weighted by Crippen LogP contribution is 2.22. The summed E-state index contributed by atoms with van der Waals surface area (Å²) in [6, 6.07) is 7.55. The van der Waals surface area contributed by atoms with E-state index in [4.69, 9.17) is 9.47 Å². The van der Waals surface area contributed by atoms with E-state index in [0.717, 1.165) is 16.9 Å². The Morgan fingerprint density at radius 3 is 2.35 bits per heavy atom. The van der Waals surface area contributed by atoms with E-state index >= 15 is 0 Å². The van der Waals surface area contributed by atoms with Crippen molar-refractivity contribution in [2.45, 2.75) is 26.4 Å². The van der Waals surface area contributed by atoms with Crippen LogP contribution < -0.4 is 4.74 Å². The number of methoxy groups -OCH3 is 1. The molecule has 0 saturated carbocycles. The SMILES string of the molecule is COc1ccc(-c2cnn(C(=O)OC(C)(C)C)c2)cc1. The van der Waals surface area contributed by atoms with Gasteiger partial charge < -0.3 is 9.47 Å². The number of benzene rings is 1. The van der Waals surface area contributed by atoms with Gasteiger partial charge in [0.25, 0.3) is 0 Å². The molecule has 0 aliphatic carbocycles. The fourth-order valence-electron chi connectivity index (χ4n) is 1.66. The molecule has 0 saturated heterocycles. The van der Waals surface area contributed by atoms with E-state index < -0.39 is 11.7 Å². The minimum Gasteiger partial charge on any atom is -0.497 e. The fourth-order valence-corrected chi connectivity index (χ4v) is 1.66. The van der Waals surface area contributed by atoms with Crippen LogP contribution >= 0.6 is 0 Å². The van der Waals surface area contributed by atoms with E-state index in [0.29, 0.717) is 0 Å². The molecule has 5 heteroatoms. The molecular formula is C15H18N2O3. The van der Waals surface area contributed by atoms with Crippen molar-refractivity contribution < 1.29 is 14.3 Å². The normalized spacial score (nSPS) is 11.2. The maximum absolute atomic E-state index is 11.9. The van der Waals surface area contributed by atoms with E-state index in [2.05, 4.69) is 5.10 Å². The zero-order chi connectivity index (χ0) is 14.8. The van der Waals surface area contributed by atoms with Gasteiger partial charge >= 0.3 is 6.09 Å². The molecule has 0 aliphatic heterocycles. The molecule has 1 aromatic heterocycles. The number of carbonyl (C=O) groups is 1. The number of hydrogen-bond acceptors (Lipinski definition) is 4. The Morgan fingerprint density at radius 2 is 1.80 bits per heavy atom. The Labute approximate surface area is 118 Å². The lowest BCUT2D eigenvalue weighted by molar-refractivity contribution is 0.0514. The molecule has 0 bridgehead atoms. The highest BCUT2D eigenvalue weighted by atomic mass is 16.6. The number of ether oxygens (including phenoxy) is 2. The summed E-state index contributed by atoms with van der Waals surface area (Å²) in [7, 11) is 1.62. The van der Waals surface area contributed by atoms with E-state index in [1.807, 2.05) is 45.0 Å². The summed E-state index contributed by atoms with van der Waals surface area (Å²) in [4.78, 5) is 11.9. The van der Waals surface area contributed by atoms with Crippen molar-refractivity contribution in [2.24, 2.45) is 0 Å². The molecule has 0 atom stereocenters. The van der Waals surface area contributed by atoms with E-state index in [9.17, 15) is 4.79 Å². The summed E-state index contributed by atoms with van der Waals surface area (Å²) in [6.45, 7) is 5.45. The number of rotatable bonds is 2. The molecule has 0 unspecified atom stereocenters. The zero-order valence-electron chi connectivity index (χ0n) is 12.1. The summed E-state index contributed by atoms with van der Waals surface area (Å²) in [6.07, 6.45) is 2.79. The summed E-state index contributed by atoms with van der Waals surface area (Å²) in [5.41, 5.74) is 1.27. The Bertz CT molecular complexity index is 594. The average molecular weight is 274 g/mol. The van der Waals surface area contributed by atoms with Crippen LogP contribution in [0.15, 0.2) is 36.7 Å². The Kier molecular flexibility index (Phi) is 3.79. The summed E-state index contributed by atoms with van der Waals surface area (Å²) in [5.74, 6) is 0.785. The predicted molar refractivity (Wildman–Crippen MR) is 75.8 cm³/mol. The van der Waals surface area contributed by atoms with Crippen molar-refractivity contribution in [3.05, 3.63) is 36.7 Å². The third-order valence-electron chi connectivity index (χ3n) is 2.59. The van der Waals surface area contributed by atoms with Gasteiger partial charge in [0.05, 0.1) is 13.3 Å². The van der Waals surface area contributed by atoms with Crippen molar-refractivity contribution in [3.8, 4) is 16.9 Å². The fraction of sp³-hybridized carbons (Fsp3) is 0.333. The maximum Gasteiger partial charge on any atom is 0.435 e. The van der Waals surface area contributed by atoms with Crippen LogP contribution in [0.4, 0.5) is 4.79 Å². The Balaban J connectivity index is 2.17. The first-order valence-corrected chi connectivity index (χ1v) is 6.31. The standard InChI is InChI=1S/C15H18N2O3/c1-15(2,3)20-14(18)17-10-12(9-16-17)11-5-7-13(19-4)8-6-11/h5-10H,1-4H3.